The highest BCUT2D eigenvalue weighted by atomic mass is 32.2. The van der Waals surface area contributed by atoms with Gasteiger partial charge in [-0.1, -0.05) is 0 Å². The number of nitrogens with two attached hydrogens (primary N) is 1. The van der Waals surface area contributed by atoms with E-state index in [1.54, 1.807) is 0 Å². The van der Waals surface area contributed by atoms with Gasteiger partial charge in [0.2, 0.25) is 0 Å². The topological polar surface area (TPSA) is 63.4 Å². The number of hydrogen-bond acceptors (Lipinski definition) is 4. The van der Waals surface area contributed by atoms with Crippen LogP contribution in [0.25, 0.3) is 0 Å². The fourth-order valence-corrected chi connectivity index (χ4v) is 4.13. The number of anilines is 1. The van der Waals surface area contributed by atoms with Crippen molar-refractivity contribution >= 4 is 27.0 Å². The lowest BCUT2D eigenvalue weighted by Crippen LogP contribution is -2.42. The molecular formula is C9H13F3N2O2S2. The van der Waals surface area contributed by atoms with Gasteiger partial charge < -0.3 is 5.73 Å². The maximum absolute atomic E-state index is 12.4. The van der Waals surface area contributed by atoms with E-state index in [-0.39, 0.29) is 9.90 Å². The number of nitrogen functional groups attached to an aromatic ring is 1. The Labute approximate surface area is 107 Å². The fraction of sp³-hybridized carbons (Fsp3) is 0.556. The first-order chi connectivity index (χ1) is 8.04. The summed E-state index contributed by atoms with van der Waals surface area (Å²) in [5.41, 5.74) is 5.60. The monoisotopic (exact) mass is 302 g/mol. The minimum absolute atomic E-state index is 0.182. The Morgan fingerprint density at radius 3 is 2.33 bits per heavy atom. The van der Waals surface area contributed by atoms with Crippen molar-refractivity contribution in [3.05, 3.63) is 11.4 Å². The highest BCUT2D eigenvalue weighted by Gasteiger charge is 2.38. The molecule has 0 atom stereocenters. The first-order valence-corrected chi connectivity index (χ1v) is 7.28. The first kappa shape index (κ1) is 15.3. The van der Waals surface area contributed by atoms with Gasteiger partial charge in [-0.15, -0.1) is 11.3 Å². The summed E-state index contributed by atoms with van der Waals surface area (Å²) >= 11 is 0.806. The molecule has 0 unspecified atom stereocenters. The van der Waals surface area contributed by atoms with Gasteiger partial charge in [0, 0.05) is 17.1 Å². The molecule has 9 heteroatoms. The summed E-state index contributed by atoms with van der Waals surface area (Å²) in [4.78, 5) is 0. The Kier molecular flexibility index (Phi) is 4.29. The summed E-state index contributed by atoms with van der Waals surface area (Å²) < 4.78 is 61.5. The zero-order valence-corrected chi connectivity index (χ0v) is 11.4. The molecule has 2 N–H and O–H groups in total. The molecule has 0 amide bonds. The van der Waals surface area contributed by atoms with E-state index in [4.69, 9.17) is 5.73 Å². The number of nitrogens with zero attached hydrogens (tertiary/aromatic N) is 1. The van der Waals surface area contributed by atoms with Crippen LogP contribution in [0.1, 0.15) is 13.8 Å². The average molecular weight is 302 g/mol. The van der Waals surface area contributed by atoms with E-state index >= 15 is 0 Å². The van der Waals surface area contributed by atoms with Crippen LogP contribution < -0.4 is 5.73 Å². The van der Waals surface area contributed by atoms with Crippen molar-refractivity contribution < 1.29 is 21.6 Å². The molecule has 1 heterocycles. The number of thiophene rings is 1. The van der Waals surface area contributed by atoms with Gasteiger partial charge in [0.05, 0.1) is 0 Å². The zero-order valence-electron chi connectivity index (χ0n) is 9.73. The summed E-state index contributed by atoms with van der Waals surface area (Å²) in [5.74, 6) is 0. The maximum atomic E-state index is 12.4. The molecule has 1 rings (SSSR count). The quantitative estimate of drug-likeness (QED) is 0.928. The van der Waals surface area contributed by atoms with E-state index in [0.717, 1.165) is 17.4 Å². The maximum Gasteiger partial charge on any atom is 0.402 e. The summed E-state index contributed by atoms with van der Waals surface area (Å²) in [5, 5.41) is 1.37. The predicted molar refractivity (Wildman–Crippen MR) is 63.8 cm³/mol. The van der Waals surface area contributed by atoms with Crippen molar-refractivity contribution in [3.8, 4) is 0 Å². The minimum atomic E-state index is -4.58. The highest BCUT2D eigenvalue weighted by Crippen LogP contribution is 2.29. The van der Waals surface area contributed by atoms with Crippen LogP contribution >= 0.6 is 11.3 Å². The molecule has 0 fully saturated rings. The number of hydrogen-bond donors (Lipinski definition) is 1. The van der Waals surface area contributed by atoms with Gasteiger partial charge in [-0.05, 0) is 19.9 Å². The molecule has 104 valence electrons. The van der Waals surface area contributed by atoms with Gasteiger partial charge in [-0.3, -0.25) is 0 Å². The molecule has 0 aliphatic carbocycles. The van der Waals surface area contributed by atoms with Crippen LogP contribution in [0.15, 0.2) is 15.7 Å². The van der Waals surface area contributed by atoms with Crippen LogP contribution in [0.5, 0.6) is 0 Å². The van der Waals surface area contributed by atoms with Gasteiger partial charge in [0.15, 0.2) is 0 Å². The van der Waals surface area contributed by atoms with Crippen molar-refractivity contribution in [1.82, 2.24) is 4.31 Å². The van der Waals surface area contributed by atoms with Crippen LogP contribution in [0.3, 0.4) is 0 Å². The van der Waals surface area contributed by atoms with Crippen LogP contribution in [-0.2, 0) is 10.0 Å². The van der Waals surface area contributed by atoms with Crippen molar-refractivity contribution in [3.63, 3.8) is 0 Å². The third kappa shape index (κ3) is 3.59. The van der Waals surface area contributed by atoms with E-state index in [1.807, 2.05) is 0 Å². The van der Waals surface area contributed by atoms with Gasteiger partial charge in [0.1, 0.15) is 10.8 Å². The highest BCUT2D eigenvalue weighted by molar-refractivity contribution is 7.91. The molecule has 0 bridgehead atoms. The van der Waals surface area contributed by atoms with E-state index in [2.05, 4.69) is 0 Å². The molecular weight excluding hydrogens is 289 g/mol. The van der Waals surface area contributed by atoms with E-state index in [9.17, 15) is 21.6 Å². The normalized spacial score (nSPS) is 13.5. The summed E-state index contributed by atoms with van der Waals surface area (Å²) in [6.45, 7) is 1.27. The number of rotatable bonds is 4. The predicted octanol–water partition coefficient (Wildman–Crippen LogP) is 2.29. The molecule has 1 aromatic rings. The Hall–Kier alpha value is -0.800. The number of sulfonamides is 1. The lowest BCUT2D eigenvalue weighted by Gasteiger charge is -2.26. The second-order valence-electron chi connectivity index (χ2n) is 3.96. The largest absolute Gasteiger partial charge is 0.402 e. The van der Waals surface area contributed by atoms with Crippen LogP contribution in [-0.4, -0.2) is 31.5 Å². The lowest BCUT2D eigenvalue weighted by atomic mass is 10.4. The number of alkyl halides is 3. The minimum Gasteiger partial charge on any atom is -0.398 e. The summed E-state index contributed by atoms with van der Waals surface area (Å²) in [6, 6.07) is 0.367. The standard InChI is InChI=1S/C9H13F3N2O2S2/c1-6(2)14(5-9(10,11)12)18(15,16)8-3-7(13)4-17-8/h3-4,6H,5,13H2,1-2H3. The third-order valence-corrected chi connectivity index (χ3v) is 5.52. The molecule has 1 aromatic heterocycles. The molecule has 0 aliphatic rings. The van der Waals surface area contributed by atoms with Crippen molar-refractivity contribution in [2.24, 2.45) is 0 Å². The molecule has 0 aromatic carbocycles. The summed E-state index contributed by atoms with van der Waals surface area (Å²) in [7, 11) is -4.16. The Morgan fingerprint density at radius 2 is 2.00 bits per heavy atom. The molecule has 0 saturated heterocycles. The van der Waals surface area contributed by atoms with Gasteiger partial charge >= 0.3 is 6.18 Å². The fourth-order valence-electron chi connectivity index (χ4n) is 1.30. The third-order valence-electron chi connectivity index (χ3n) is 2.07. The molecule has 0 spiro atoms. The average Bonchev–Trinajstić information content (AvgIpc) is 2.60. The van der Waals surface area contributed by atoms with Gasteiger partial charge in [-0.2, -0.15) is 17.5 Å². The molecule has 0 radical (unpaired) electrons. The van der Waals surface area contributed by atoms with E-state index < -0.39 is 28.8 Å². The SMILES string of the molecule is CC(C)N(CC(F)(F)F)S(=O)(=O)c1cc(N)cs1. The zero-order chi connectivity index (χ0) is 14.1. The lowest BCUT2D eigenvalue weighted by molar-refractivity contribution is -0.138. The Balaban J connectivity index is 3.13. The molecule has 18 heavy (non-hydrogen) atoms. The molecule has 0 saturated carbocycles. The molecule has 0 aliphatic heterocycles. The smallest absolute Gasteiger partial charge is 0.398 e. The van der Waals surface area contributed by atoms with Crippen molar-refractivity contribution in [2.75, 3.05) is 12.3 Å². The van der Waals surface area contributed by atoms with Crippen molar-refractivity contribution in [1.29, 1.82) is 0 Å². The number of halogens is 3. The molecule has 4 nitrogen and oxygen atoms in total. The van der Waals surface area contributed by atoms with E-state index in [0.29, 0.717) is 4.31 Å². The van der Waals surface area contributed by atoms with Gasteiger partial charge in [0.25, 0.3) is 10.0 Å². The second-order valence-corrected chi connectivity index (χ2v) is 6.99. The Morgan fingerprint density at radius 1 is 1.44 bits per heavy atom. The summed E-state index contributed by atoms with van der Waals surface area (Å²) in [6.07, 6.45) is -4.58. The van der Waals surface area contributed by atoms with E-state index in [1.165, 1.54) is 19.2 Å². The second kappa shape index (κ2) is 5.06. The van der Waals surface area contributed by atoms with Crippen LogP contribution in [0, 0.1) is 0 Å². The van der Waals surface area contributed by atoms with Crippen molar-refractivity contribution in [2.45, 2.75) is 30.3 Å². The van der Waals surface area contributed by atoms with Gasteiger partial charge in [-0.25, -0.2) is 8.42 Å². The van der Waals surface area contributed by atoms with Crippen LogP contribution in [0.4, 0.5) is 18.9 Å². The van der Waals surface area contributed by atoms with Crippen LogP contribution in [0.2, 0.25) is 0 Å². The first-order valence-electron chi connectivity index (χ1n) is 4.96. The Bertz CT molecular complexity index is 508.